The van der Waals surface area contributed by atoms with E-state index in [1.54, 1.807) is 0 Å². The Morgan fingerprint density at radius 1 is 1.38 bits per heavy atom. The summed E-state index contributed by atoms with van der Waals surface area (Å²) >= 11 is 0. The largest absolute Gasteiger partial charge is 0.342 e. The summed E-state index contributed by atoms with van der Waals surface area (Å²) in [5, 5.41) is 3.47. The van der Waals surface area contributed by atoms with E-state index in [-0.39, 0.29) is 5.92 Å². The molecule has 1 amide bonds. The number of hydrogen-bond acceptors (Lipinski definition) is 2. The summed E-state index contributed by atoms with van der Waals surface area (Å²) in [4.78, 5) is 13.9. The number of hydrogen-bond donors (Lipinski definition) is 1. The summed E-state index contributed by atoms with van der Waals surface area (Å²) in [6.45, 7) is 11.2. The lowest BCUT2D eigenvalue weighted by Crippen LogP contribution is -2.45. The molecule has 0 radical (unpaired) electrons. The molecule has 1 aliphatic rings. The fourth-order valence-corrected chi connectivity index (χ4v) is 2.20. The third-order valence-corrected chi connectivity index (χ3v) is 3.14. The molecule has 1 atom stereocenters. The number of likely N-dealkylation sites (tertiary alicyclic amines) is 1. The maximum absolute atomic E-state index is 11.9. The van der Waals surface area contributed by atoms with Gasteiger partial charge in [-0.2, -0.15) is 0 Å². The molecule has 0 aromatic carbocycles. The van der Waals surface area contributed by atoms with Crippen molar-refractivity contribution >= 4 is 5.91 Å². The highest BCUT2D eigenvalue weighted by molar-refractivity contribution is 5.78. The van der Waals surface area contributed by atoms with Gasteiger partial charge < -0.3 is 10.2 Å². The van der Waals surface area contributed by atoms with Crippen molar-refractivity contribution in [1.82, 2.24) is 10.2 Å². The molecule has 1 saturated heterocycles. The van der Waals surface area contributed by atoms with Gasteiger partial charge in [0.2, 0.25) is 5.91 Å². The molecule has 94 valence electrons. The zero-order valence-electron chi connectivity index (χ0n) is 11.1. The minimum Gasteiger partial charge on any atom is -0.342 e. The van der Waals surface area contributed by atoms with Crippen LogP contribution < -0.4 is 5.32 Å². The van der Waals surface area contributed by atoms with Crippen molar-refractivity contribution < 1.29 is 4.79 Å². The Morgan fingerprint density at radius 2 is 2.06 bits per heavy atom. The number of carbonyl (C=O) groups is 1. The molecule has 0 unspecified atom stereocenters. The highest BCUT2D eigenvalue weighted by Gasteiger charge is 2.24. The molecule has 1 fully saturated rings. The fraction of sp³-hybridized carbons (Fsp3) is 0.923. The fourth-order valence-electron chi connectivity index (χ4n) is 2.20. The molecule has 16 heavy (non-hydrogen) atoms. The van der Waals surface area contributed by atoms with Crippen molar-refractivity contribution in [3.8, 4) is 0 Å². The van der Waals surface area contributed by atoms with Gasteiger partial charge in [0, 0.05) is 25.0 Å². The minimum absolute atomic E-state index is 0.136. The van der Waals surface area contributed by atoms with Crippen molar-refractivity contribution in [3.05, 3.63) is 0 Å². The van der Waals surface area contributed by atoms with Crippen LogP contribution in [-0.2, 0) is 4.79 Å². The van der Waals surface area contributed by atoms with Crippen LogP contribution >= 0.6 is 0 Å². The second kappa shape index (κ2) is 6.24. The first-order chi connectivity index (χ1) is 7.50. The Bertz CT molecular complexity index is 226. The van der Waals surface area contributed by atoms with Gasteiger partial charge in [0.15, 0.2) is 0 Å². The maximum Gasteiger partial charge on any atom is 0.225 e. The van der Waals surface area contributed by atoms with Gasteiger partial charge >= 0.3 is 0 Å². The second-order valence-electron chi connectivity index (χ2n) is 5.51. The summed E-state index contributed by atoms with van der Waals surface area (Å²) in [6.07, 6.45) is 2.41. The summed E-state index contributed by atoms with van der Waals surface area (Å²) in [6, 6.07) is 0.538. The van der Waals surface area contributed by atoms with Gasteiger partial charge in [0.1, 0.15) is 0 Å². The van der Waals surface area contributed by atoms with Crippen LogP contribution in [0.1, 0.15) is 40.5 Å². The number of nitrogens with zero attached hydrogens (tertiary/aromatic N) is 1. The van der Waals surface area contributed by atoms with Crippen LogP contribution in [0.2, 0.25) is 0 Å². The third kappa shape index (κ3) is 4.12. The molecule has 1 N–H and O–H groups in total. The molecule has 0 bridgehead atoms. The Labute approximate surface area is 99.6 Å². The first-order valence-corrected chi connectivity index (χ1v) is 6.53. The lowest BCUT2D eigenvalue weighted by molar-refractivity contribution is -0.136. The molecule has 3 nitrogen and oxygen atoms in total. The van der Waals surface area contributed by atoms with Crippen LogP contribution in [-0.4, -0.2) is 36.5 Å². The van der Waals surface area contributed by atoms with Crippen LogP contribution in [0.15, 0.2) is 0 Å². The van der Waals surface area contributed by atoms with E-state index >= 15 is 0 Å². The van der Waals surface area contributed by atoms with Crippen LogP contribution in [0, 0.1) is 11.8 Å². The van der Waals surface area contributed by atoms with E-state index < -0.39 is 0 Å². The molecule has 1 aliphatic heterocycles. The molecular formula is C13H26N2O. The Hall–Kier alpha value is -0.570. The Balaban J connectivity index is 2.38. The van der Waals surface area contributed by atoms with Gasteiger partial charge in [-0.05, 0) is 25.3 Å². The summed E-state index contributed by atoms with van der Waals surface area (Å²) in [5.74, 6) is 1.09. The topological polar surface area (TPSA) is 32.3 Å². The quantitative estimate of drug-likeness (QED) is 0.794. The van der Waals surface area contributed by atoms with E-state index in [9.17, 15) is 4.79 Å². The lowest BCUT2D eigenvalue weighted by Gasteiger charge is -2.34. The predicted molar refractivity (Wildman–Crippen MR) is 67.3 cm³/mol. The van der Waals surface area contributed by atoms with Crippen LogP contribution in [0.4, 0.5) is 0 Å². The van der Waals surface area contributed by atoms with E-state index in [0.717, 1.165) is 26.1 Å². The summed E-state index contributed by atoms with van der Waals surface area (Å²) < 4.78 is 0. The maximum atomic E-state index is 11.9. The van der Waals surface area contributed by atoms with Crippen molar-refractivity contribution in [2.45, 2.75) is 46.6 Å². The van der Waals surface area contributed by atoms with Gasteiger partial charge in [-0.25, -0.2) is 0 Å². The molecule has 0 spiro atoms. The highest BCUT2D eigenvalue weighted by atomic mass is 16.2. The van der Waals surface area contributed by atoms with E-state index in [1.807, 2.05) is 18.7 Å². The number of piperidine rings is 1. The SMILES string of the molecule is CC(C)NC[C@@H]1CCCN(C(=O)C(C)C)C1. The normalized spacial score (nSPS) is 21.9. The monoisotopic (exact) mass is 226 g/mol. The molecule has 3 heteroatoms. The molecule has 0 aromatic rings. The molecule has 1 rings (SSSR count). The van der Waals surface area contributed by atoms with Gasteiger partial charge in [0.25, 0.3) is 0 Å². The minimum atomic E-state index is 0.136. The zero-order chi connectivity index (χ0) is 12.1. The third-order valence-electron chi connectivity index (χ3n) is 3.14. The average Bonchev–Trinajstić information content (AvgIpc) is 2.25. The van der Waals surface area contributed by atoms with Crippen LogP contribution in [0.5, 0.6) is 0 Å². The molecular weight excluding hydrogens is 200 g/mol. The van der Waals surface area contributed by atoms with E-state index in [0.29, 0.717) is 17.9 Å². The lowest BCUT2D eigenvalue weighted by atomic mass is 9.96. The smallest absolute Gasteiger partial charge is 0.225 e. The molecule has 0 aromatic heterocycles. The summed E-state index contributed by atoms with van der Waals surface area (Å²) in [7, 11) is 0. The van der Waals surface area contributed by atoms with E-state index in [1.165, 1.54) is 6.42 Å². The van der Waals surface area contributed by atoms with Gasteiger partial charge in [-0.3, -0.25) is 4.79 Å². The van der Waals surface area contributed by atoms with Gasteiger partial charge in [-0.15, -0.1) is 0 Å². The highest BCUT2D eigenvalue weighted by Crippen LogP contribution is 2.17. The second-order valence-corrected chi connectivity index (χ2v) is 5.51. The molecule has 0 saturated carbocycles. The number of carbonyl (C=O) groups excluding carboxylic acids is 1. The van der Waals surface area contributed by atoms with E-state index in [4.69, 9.17) is 0 Å². The van der Waals surface area contributed by atoms with Crippen molar-refractivity contribution in [1.29, 1.82) is 0 Å². The molecule has 0 aliphatic carbocycles. The first-order valence-electron chi connectivity index (χ1n) is 6.53. The van der Waals surface area contributed by atoms with E-state index in [2.05, 4.69) is 19.2 Å². The average molecular weight is 226 g/mol. The predicted octanol–water partition coefficient (Wildman–Crippen LogP) is 1.88. The standard InChI is InChI=1S/C13H26N2O/c1-10(2)13(16)15-7-5-6-12(9-15)8-14-11(3)4/h10-12,14H,5-9H2,1-4H3/t12-/m0/s1. The van der Waals surface area contributed by atoms with Gasteiger partial charge in [0.05, 0.1) is 0 Å². The Morgan fingerprint density at radius 3 is 2.62 bits per heavy atom. The van der Waals surface area contributed by atoms with Gasteiger partial charge in [-0.1, -0.05) is 27.7 Å². The zero-order valence-corrected chi connectivity index (χ0v) is 11.1. The van der Waals surface area contributed by atoms with Crippen molar-refractivity contribution in [3.63, 3.8) is 0 Å². The van der Waals surface area contributed by atoms with Crippen molar-refractivity contribution in [2.75, 3.05) is 19.6 Å². The number of amides is 1. The van der Waals surface area contributed by atoms with Crippen LogP contribution in [0.3, 0.4) is 0 Å². The Kier molecular flexibility index (Phi) is 5.26. The number of rotatable bonds is 4. The molecule has 1 heterocycles. The van der Waals surface area contributed by atoms with Crippen molar-refractivity contribution in [2.24, 2.45) is 11.8 Å². The van der Waals surface area contributed by atoms with Crippen LogP contribution in [0.25, 0.3) is 0 Å². The first kappa shape index (κ1) is 13.5. The number of nitrogens with one attached hydrogen (secondary N) is 1. The summed E-state index contributed by atoms with van der Waals surface area (Å²) in [5.41, 5.74) is 0.